The van der Waals surface area contributed by atoms with Gasteiger partial charge < -0.3 is 15.8 Å². The van der Waals surface area contributed by atoms with Gasteiger partial charge in [-0.15, -0.1) is 0 Å². The minimum atomic E-state index is 0.0381. The second-order valence-electron chi connectivity index (χ2n) is 5.00. The molecule has 2 rings (SSSR count). The molecule has 1 aliphatic heterocycles. The van der Waals surface area contributed by atoms with Gasteiger partial charge in [0.1, 0.15) is 5.69 Å². The molecule has 0 saturated carbocycles. The van der Waals surface area contributed by atoms with Gasteiger partial charge in [-0.05, 0) is 26.0 Å². The maximum Gasteiger partial charge on any atom is 0.188 e. The Hall–Kier alpha value is -1.82. The molecule has 2 heterocycles. The fourth-order valence-corrected chi connectivity index (χ4v) is 2.27. The average molecular weight is 263 g/mol. The molecule has 0 aromatic carbocycles. The lowest BCUT2D eigenvalue weighted by Crippen LogP contribution is -2.48. The van der Waals surface area contributed by atoms with Gasteiger partial charge in [0.15, 0.2) is 5.84 Å². The number of pyridine rings is 1. The number of hydrogen-bond donors (Lipinski definition) is 2. The number of amidine groups is 1. The van der Waals surface area contributed by atoms with E-state index in [2.05, 4.69) is 33.8 Å². The van der Waals surface area contributed by atoms with Crippen LogP contribution >= 0.6 is 0 Å². The third-order valence-corrected chi connectivity index (χ3v) is 3.53. The number of hydrogen-bond acceptors (Lipinski definition) is 5. The topological polar surface area (TPSA) is 78.0 Å². The summed E-state index contributed by atoms with van der Waals surface area (Å²) in [5.74, 6) is 0.0381. The zero-order valence-corrected chi connectivity index (χ0v) is 11.5. The number of aromatic nitrogens is 1. The first-order chi connectivity index (χ1) is 9.11. The summed E-state index contributed by atoms with van der Waals surface area (Å²) in [5, 5.41) is 11.5. The van der Waals surface area contributed by atoms with Crippen LogP contribution < -0.4 is 10.6 Å². The molecule has 0 spiro atoms. The highest BCUT2D eigenvalue weighted by molar-refractivity contribution is 5.95. The molecule has 1 saturated heterocycles. The molecule has 1 aromatic heterocycles. The van der Waals surface area contributed by atoms with Gasteiger partial charge in [-0.3, -0.25) is 9.88 Å². The summed E-state index contributed by atoms with van der Waals surface area (Å²) in [6.45, 7) is 8.59. The van der Waals surface area contributed by atoms with Crippen LogP contribution in [-0.4, -0.2) is 53.1 Å². The number of piperazine rings is 1. The Morgan fingerprint density at radius 1 is 1.32 bits per heavy atom. The van der Waals surface area contributed by atoms with Crippen molar-refractivity contribution in [3.63, 3.8) is 0 Å². The van der Waals surface area contributed by atoms with Crippen LogP contribution in [0.1, 0.15) is 19.5 Å². The number of oxime groups is 1. The monoisotopic (exact) mass is 263 g/mol. The van der Waals surface area contributed by atoms with Crippen LogP contribution in [0.3, 0.4) is 0 Å². The molecular weight excluding hydrogens is 242 g/mol. The van der Waals surface area contributed by atoms with E-state index in [4.69, 9.17) is 10.9 Å². The van der Waals surface area contributed by atoms with E-state index in [0.717, 1.165) is 31.9 Å². The number of anilines is 1. The molecule has 104 valence electrons. The van der Waals surface area contributed by atoms with Crippen molar-refractivity contribution in [3.8, 4) is 0 Å². The first-order valence-electron chi connectivity index (χ1n) is 6.54. The van der Waals surface area contributed by atoms with E-state index in [-0.39, 0.29) is 5.84 Å². The second-order valence-corrected chi connectivity index (χ2v) is 5.00. The van der Waals surface area contributed by atoms with Gasteiger partial charge >= 0.3 is 0 Å². The lowest BCUT2D eigenvalue weighted by molar-refractivity contribution is 0.209. The van der Waals surface area contributed by atoms with Gasteiger partial charge in [-0.2, -0.15) is 0 Å². The minimum absolute atomic E-state index is 0.0381. The van der Waals surface area contributed by atoms with Crippen molar-refractivity contribution in [2.24, 2.45) is 10.9 Å². The first-order valence-corrected chi connectivity index (χ1v) is 6.54. The molecule has 0 amide bonds. The Balaban J connectivity index is 2.00. The molecule has 1 fully saturated rings. The van der Waals surface area contributed by atoms with E-state index in [1.165, 1.54) is 0 Å². The Labute approximate surface area is 113 Å². The predicted octanol–water partition coefficient (Wildman–Crippen LogP) is 0.707. The minimum Gasteiger partial charge on any atom is -0.409 e. The van der Waals surface area contributed by atoms with E-state index >= 15 is 0 Å². The fraction of sp³-hybridized carbons (Fsp3) is 0.538. The van der Waals surface area contributed by atoms with Gasteiger partial charge in [-0.25, -0.2) is 0 Å². The molecule has 0 atom stereocenters. The van der Waals surface area contributed by atoms with E-state index in [1.54, 1.807) is 12.3 Å². The molecule has 1 aromatic rings. The zero-order valence-electron chi connectivity index (χ0n) is 11.5. The SMILES string of the molecule is CC(C)N1CCN(c2ccc(/C(N)=N/O)nc2)CC1. The van der Waals surface area contributed by atoms with Crippen molar-refractivity contribution < 1.29 is 5.21 Å². The van der Waals surface area contributed by atoms with Gasteiger partial charge in [0.25, 0.3) is 0 Å². The zero-order chi connectivity index (χ0) is 13.8. The molecule has 19 heavy (non-hydrogen) atoms. The molecular formula is C13H21N5O. The normalized spacial score (nSPS) is 18.1. The van der Waals surface area contributed by atoms with E-state index in [1.807, 2.05) is 6.07 Å². The summed E-state index contributed by atoms with van der Waals surface area (Å²) < 4.78 is 0. The molecule has 6 heteroatoms. The maximum atomic E-state index is 8.59. The number of nitrogens with two attached hydrogens (primary N) is 1. The highest BCUT2D eigenvalue weighted by Gasteiger charge is 2.19. The van der Waals surface area contributed by atoms with Crippen LogP contribution in [0.15, 0.2) is 23.5 Å². The molecule has 0 radical (unpaired) electrons. The van der Waals surface area contributed by atoms with Gasteiger partial charge in [0.2, 0.25) is 0 Å². The molecule has 1 aliphatic rings. The van der Waals surface area contributed by atoms with Crippen LogP contribution in [0, 0.1) is 0 Å². The van der Waals surface area contributed by atoms with E-state index in [9.17, 15) is 0 Å². The summed E-state index contributed by atoms with van der Waals surface area (Å²) in [6.07, 6.45) is 1.78. The Kier molecular flexibility index (Phi) is 4.21. The third-order valence-electron chi connectivity index (χ3n) is 3.53. The lowest BCUT2D eigenvalue weighted by Gasteiger charge is -2.38. The number of rotatable bonds is 3. The number of nitrogens with zero attached hydrogens (tertiary/aromatic N) is 4. The van der Waals surface area contributed by atoms with Crippen LogP contribution in [0.5, 0.6) is 0 Å². The maximum absolute atomic E-state index is 8.59. The van der Waals surface area contributed by atoms with Crippen LogP contribution in [0.25, 0.3) is 0 Å². The molecule has 0 unspecified atom stereocenters. The lowest BCUT2D eigenvalue weighted by atomic mass is 10.2. The van der Waals surface area contributed by atoms with Crippen molar-refractivity contribution in [1.82, 2.24) is 9.88 Å². The quantitative estimate of drug-likeness (QED) is 0.363. The summed E-state index contributed by atoms with van der Waals surface area (Å²) in [7, 11) is 0. The highest BCUT2D eigenvalue weighted by Crippen LogP contribution is 2.16. The van der Waals surface area contributed by atoms with Crippen LogP contribution in [0.4, 0.5) is 5.69 Å². The Morgan fingerprint density at radius 2 is 2.00 bits per heavy atom. The molecule has 3 N–H and O–H groups in total. The average Bonchev–Trinajstić information content (AvgIpc) is 2.46. The molecule has 0 bridgehead atoms. The Morgan fingerprint density at radius 3 is 2.47 bits per heavy atom. The molecule has 0 aliphatic carbocycles. The van der Waals surface area contributed by atoms with Crippen molar-refractivity contribution in [2.45, 2.75) is 19.9 Å². The van der Waals surface area contributed by atoms with Gasteiger partial charge in [0, 0.05) is 32.2 Å². The van der Waals surface area contributed by atoms with E-state index in [0.29, 0.717) is 11.7 Å². The van der Waals surface area contributed by atoms with Crippen molar-refractivity contribution in [2.75, 3.05) is 31.1 Å². The smallest absolute Gasteiger partial charge is 0.188 e. The van der Waals surface area contributed by atoms with Crippen LogP contribution in [0.2, 0.25) is 0 Å². The van der Waals surface area contributed by atoms with Gasteiger partial charge in [0.05, 0.1) is 11.9 Å². The van der Waals surface area contributed by atoms with Crippen LogP contribution in [-0.2, 0) is 0 Å². The Bertz CT molecular complexity index is 435. The largest absolute Gasteiger partial charge is 0.409 e. The molecule has 6 nitrogen and oxygen atoms in total. The van der Waals surface area contributed by atoms with Gasteiger partial charge in [-0.1, -0.05) is 5.16 Å². The van der Waals surface area contributed by atoms with Crippen molar-refractivity contribution >= 4 is 11.5 Å². The fourth-order valence-electron chi connectivity index (χ4n) is 2.27. The third kappa shape index (κ3) is 3.14. The summed E-state index contributed by atoms with van der Waals surface area (Å²) >= 11 is 0. The standard InChI is InChI=1S/C13H21N5O/c1-10(2)17-5-7-18(8-6-17)11-3-4-12(15-9-11)13(14)16-19/h3-4,9-10,19H,5-8H2,1-2H3,(H2,14,16). The highest BCUT2D eigenvalue weighted by atomic mass is 16.4. The summed E-state index contributed by atoms with van der Waals surface area (Å²) in [5.41, 5.74) is 7.07. The van der Waals surface area contributed by atoms with E-state index < -0.39 is 0 Å². The first kappa shape index (κ1) is 13.6. The summed E-state index contributed by atoms with van der Waals surface area (Å²) in [4.78, 5) is 8.98. The second kappa shape index (κ2) is 5.88. The van der Waals surface area contributed by atoms with Crippen molar-refractivity contribution in [3.05, 3.63) is 24.0 Å². The van der Waals surface area contributed by atoms with Crippen molar-refractivity contribution in [1.29, 1.82) is 0 Å². The predicted molar refractivity (Wildman–Crippen MR) is 75.7 cm³/mol. The summed E-state index contributed by atoms with van der Waals surface area (Å²) in [6, 6.07) is 4.34.